The van der Waals surface area contributed by atoms with E-state index in [4.69, 9.17) is 31.4 Å². The number of halogens is 1. The molecule has 0 saturated heterocycles. The number of Topliss-reactive ketones (excluding diaryl/α,β-unsaturated/α-hetero) is 2. The molecule has 8 nitrogen and oxygen atoms in total. The highest BCUT2D eigenvalue weighted by Gasteiger charge is 2.48. The van der Waals surface area contributed by atoms with Gasteiger partial charge in [0.15, 0.2) is 17.3 Å². The molecule has 2 spiro atoms. The Morgan fingerprint density at radius 1 is 0.633 bits per heavy atom. The Labute approximate surface area is 358 Å². The molecule has 6 aromatic rings. The second kappa shape index (κ2) is 17.1. The Morgan fingerprint density at radius 2 is 1.18 bits per heavy atom. The van der Waals surface area contributed by atoms with Crippen molar-refractivity contribution < 1.29 is 29.1 Å². The van der Waals surface area contributed by atoms with Gasteiger partial charge in [0, 0.05) is 26.4 Å². The van der Waals surface area contributed by atoms with E-state index in [0.29, 0.717) is 29.9 Å². The van der Waals surface area contributed by atoms with Gasteiger partial charge in [0.25, 0.3) is 0 Å². The van der Waals surface area contributed by atoms with Gasteiger partial charge in [0.05, 0.1) is 31.4 Å². The highest BCUT2D eigenvalue weighted by atomic mass is 79.9. The largest absolute Gasteiger partial charge is 0.493 e. The quantitative estimate of drug-likeness (QED) is 0.132. The topological polar surface area (TPSA) is 121 Å². The number of ketones is 2. The first-order valence-corrected chi connectivity index (χ1v) is 20.7. The number of ether oxygens (including phenoxy) is 2. The number of benzene rings is 6. The maximum Gasteiger partial charge on any atom is 0.488 e. The first-order valence-electron chi connectivity index (χ1n) is 19.9. The molecule has 10 rings (SSSR count). The van der Waals surface area contributed by atoms with Gasteiger partial charge in [-0.25, -0.2) is 4.85 Å². The van der Waals surface area contributed by atoms with Gasteiger partial charge in [-0.2, -0.15) is 5.26 Å². The van der Waals surface area contributed by atoms with E-state index in [0.717, 1.165) is 93.4 Å². The minimum Gasteiger partial charge on any atom is -0.493 e. The second-order valence-corrected chi connectivity index (χ2v) is 16.7. The van der Waals surface area contributed by atoms with Crippen LogP contribution in [0.25, 0.3) is 16.0 Å². The number of para-hydroxylation sites is 2. The van der Waals surface area contributed by atoms with Crippen molar-refractivity contribution >= 4 is 45.8 Å². The molecule has 60 heavy (non-hydrogen) atoms. The zero-order valence-corrected chi connectivity index (χ0v) is 34.3. The van der Waals surface area contributed by atoms with Crippen LogP contribution in [0.5, 0.6) is 11.5 Å². The van der Waals surface area contributed by atoms with Crippen molar-refractivity contribution in [2.24, 2.45) is 10.8 Å². The van der Waals surface area contributed by atoms with Crippen molar-refractivity contribution in [3.05, 3.63) is 188 Å². The fourth-order valence-corrected chi connectivity index (χ4v) is 9.27. The summed E-state index contributed by atoms with van der Waals surface area (Å²) in [5.74, 6) is 2.34. The Balaban J connectivity index is 0.000000137. The lowest BCUT2D eigenvalue weighted by molar-refractivity contribution is 0.0784. The SMILES string of the molecule is N#Cc1cccc(B(O)O)c1.O=C1c2cc(Br)ccc2CC12CCOc1ccccc1C2.[C-]#[N+]c1cccc(-c2ccc3c(c2)C(=O)C2(CCOc4ccccc4C2)C3)c1. The third-order valence-corrected chi connectivity index (χ3v) is 12.5. The molecule has 0 fully saturated rings. The summed E-state index contributed by atoms with van der Waals surface area (Å²) in [5, 5.41) is 25.8. The summed E-state index contributed by atoms with van der Waals surface area (Å²) < 4.78 is 12.7. The molecule has 0 aromatic heterocycles. The maximum atomic E-state index is 13.5. The molecule has 2 heterocycles. The smallest absolute Gasteiger partial charge is 0.488 e. The fourth-order valence-electron chi connectivity index (χ4n) is 8.91. The number of hydrogen-bond acceptors (Lipinski definition) is 7. The van der Waals surface area contributed by atoms with Crippen molar-refractivity contribution in [1.29, 1.82) is 5.26 Å². The zero-order chi connectivity index (χ0) is 41.9. The van der Waals surface area contributed by atoms with Crippen molar-refractivity contribution in [3.63, 3.8) is 0 Å². The Kier molecular flexibility index (Phi) is 11.6. The Morgan fingerprint density at radius 3 is 1.78 bits per heavy atom. The average molecular weight is 856 g/mol. The van der Waals surface area contributed by atoms with E-state index in [1.807, 2.05) is 78.9 Å². The van der Waals surface area contributed by atoms with Gasteiger partial charge in [-0.05, 0) is 126 Å². The third-order valence-electron chi connectivity index (χ3n) is 12.0. The van der Waals surface area contributed by atoms with E-state index >= 15 is 0 Å². The molecule has 0 saturated carbocycles. The van der Waals surface area contributed by atoms with Crippen LogP contribution in [0.15, 0.2) is 138 Å². The molecule has 6 aromatic carbocycles. The van der Waals surface area contributed by atoms with Crippen LogP contribution in [0.4, 0.5) is 5.69 Å². The number of rotatable bonds is 2. The average Bonchev–Trinajstić information content (AvgIpc) is 3.48. The lowest BCUT2D eigenvalue weighted by Crippen LogP contribution is -2.31. The highest BCUT2D eigenvalue weighted by Crippen LogP contribution is 2.47. The number of carbonyl (C=O) groups is 2. The van der Waals surface area contributed by atoms with Gasteiger partial charge in [-0.1, -0.05) is 101 Å². The van der Waals surface area contributed by atoms with E-state index in [1.54, 1.807) is 24.3 Å². The molecule has 2 N–H and O–H groups in total. The number of hydrogen-bond donors (Lipinski definition) is 2. The normalized spacial score (nSPS) is 19.1. The maximum absolute atomic E-state index is 13.5. The molecular formula is C50H40BBrN2O6. The first kappa shape index (κ1) is 40.5. The predicted octanol–water partition coefficient (Wildman–Crippen LogP) is 9.09. The second-order valence-electron chi connectivity index (χ2n) is 15.8. The van der Waals surface area contributed by atoms with E-state index < -0.39 is 12.5 Å². The molecule has 2 unspecified atom stereocenters. The van der Waals surface area contributed by atoms with E-state index in [2.05, 4.69) is 51.1 Å². The van der Waals surface area contributed by atoms with Crippen molar-refractivity contribution in [1.82, 2.24) is 0 Å². The summed E-state index contributed by atoms with van der Waals surface area (Å²) in [5.41, 5.74) is 8.85. The van der Waals surface area contributed by atoms with E-state index in [-0.39, 0.29) is 17.0 Å². The zero-order valence-electron chi connectivity index (χ0n) is 32.7. The van der Waals surface area contributed by atoms with Crippen LogP contribution in [0, 0.1) is 28.7 Å². The summed E-state index contributed by atoms with van der Waals surface area (Å²) in [6.45, 7) is 8.40. The Hall–Kier alpha value is -6.30. The summed E-state index contributed by atoms with van der Waals surface area (Å²) in [6.07, 6.45) is 4.60. The van der Waals surface area contributed by atoms with Gasteiger partial charge in [-0.3, -0.25) is 9.59 Å². The number of nitriles is 1. The van der Waals surface area contributed by atoms with Crippen LogP contribution in [0.3, 0.4) is 0 Å². The monoisotopic (exact) mass is 854 g/mol. The van der Waals surface area contributed by atoms with Crippen LogP contribution in [-0.2, 0) is 25.7 Å². The number of fused-ring (bicyclic) bond motifs is 4. The van der Waals surface area contributed by atoms with Crippen molar-refractivity contribution in [3.8, 4) is 28.7 Å². The van der Waals surface area contributed by atoms with Crippen LogP contribution < -0.4 is 14.9 Å². The summed E-state index contributed by atoms with van der Waals surface area (Å²) in [4.78, 5) is 30.1. The standard InChI is InChI=1S/C25H19NO2.C18H15BrO2.C7H6BNO2/c1-26-21-7-4-6-17(13-21)18-9-10-19-15-25(24(27)22(19)14-18)11-12-28-23-8-3-2-5-20(23)16-25;19-14-6-5-12-10-18(17(20)15(12)9-14)7-8-21-16-4-2-1-3-13(16)11-18;9-5-6-2-1-3-7(4-6)8(10)11/h2-10,13-14H,11-12,15-16H2;1-6,9H,7-8,10-11H2;1-4,10-11H. The first-order chi connectivity index (χ1) is 29.1. The van der Waals surface area contributed by atoms with Crippen molar-refractivity contribution in [2.45, 2.75) is 38.5 Å². The Bertz CT molecular complexity index is 2720. The van der Waals surface area contributed by atoms with Crippen LogP contribution >= 0.6 is 15.9 Å². The van der Waals surface area contributed by atoms with E-state index in [1.165, 1.54) is 11.6 Å². The van der Waals surface area contributed by atoms with Crippen molar-refractivity contribution in [2.75, 3.05) is 13.2 Å². The summed E-state index contributed by atoms with van der Waals surface area (Å²) in [6, 6.07) is 44.0. The molecular weight excluding hydrogens is 815 g/mol. The minimum atomic E-state index is -1.50. The molecule has 2 atom stereocenters. The molecule has 296 valence electrons. The predicted molar refractivity (Wildman–Crippen MR) is 235 cm³/mol. The summed E-state index contributed by atoms with van der Waals surface area (Å²) in [7, 11) is -1.50. The van der Waals surface area contributed by atoms with Gasteiger partial charge in [0.2, 0.25) is 0 Å². The van der Waals surface area contributed by atoms with Gasteiger partial charge in [0.1, 0.15) is 11.5 Å². The highest BCUT2D eigenvalue weighted by molar-refractivity contribution is 9.10. The lowest BCUT2D eigenvalue weighted by Gasteiger charge is -2.24. The molecule has 2 aliphatic carbocycles. The van der Waals surface area contributed by atoms with Crippen LogP contribution in [0.1, 0.15) is 61.4 Å². The molecule has 10 heteroatoms. The van der Waals surface area contributed by atoms with Gasteiger partial charge in [-0.15, -0.1) is 0 Å². The van der Waals surface area contributed by atoms with E-state index in [9.17, 15) is 9.59 Å². The third kappa shape index (κ3) is 8.15. The molecule has 0 radical (unpaired) electrons. The summed E-state index contributed by atoms with van der Waals surface area (Å²) >= 11 is 3.47. The van der Waals surface area contributed by atoms with Crippen LogP contribution in [-0.4, -0.2) is 41.9 Å². The van der Waals surface area contributed by atoms with Crippen LogP contribution in [0.2, 0.25) is 0 Å². The molecule has 4 aliphatic rings. The number of nitrogens with zero attached hydrogens (tertiary/aromatic N) is 2. The molecule has 0 bridgehead atoms. The number of carbonyl (C=O) groups excluding carboxylic acids is 2. The van der Waals surface area contributed by atoms with Gasteiger partial charge < -0.3 is 19.5 Å². The minimum absolute atomic E-state index is 0.228. The molecule has 2 aliphatic heterocycles. The van der Waals surface area contributed by atoms with Gasteiger partial charge >= 0.3 is 7.12 Å². The lowest BCUT2D eigenvalue weighted by atomic mass is 9.76. The fraction of sp³-hybridized carbons (Fsp3) is 0.200. The molecule has 0 amide bonds.